The molecule has 2 aliphatic heterocycles. The molecule has 5 heteroatoms. The summed E-state index contributed by atoms with van der Waals surface area (Å²) in [5.74, 6) is 0.415. The number of carbonyl (C=O) groups excluding carboxylic acids is 2. The fourth-order valence-corrected chi connectivity index (χ4v) is 4.65. The lowest BCUT2D eigenvalue weighted by molar-refractivity contribution is -0.139. The van der Waals surface area contributed by atoms with Crippen LogP contribution in [0.1, 0.15) is 58.3 Å². The van der Waals surface area contributed by atoms with E-state index in [2.05, 4.69) is 10.2 Å². The highest BCUT2D eigenvalue weighted by atomic mass is 16.2. The standard InChI is InChI=1S/C18H31N3O2/c1-14(22)19-17(15-7-2-3-8-15)18(23)21-12-6-9-16(13-21)20-10-4-5-11-20/h15-17H,2-13H2,1H3,(H,19,22)/t16-,17+/m0/s1. The highest BCUT2D eigenvalue weighted by Crippen LogP contribution is 2.29. The maximum Gasteiger partial charge on any atom is 0.245 e. The van der Waals surface area contributed by atoms with Gasteiger partial charge in [-0.05, 0) is 57.5 Å². The molecule has 130 valence electrons. The van der Waals surface area contributed by atoms with Gasteiger partial charge in [-0.25, -0.2) is 0 Å². The number of hydrogen-bond donors (Lipinski definition) is 1. The van der Waals surface area contributed by atoms with Crippen LogP contribution in [-0.4, -0.2) is 59.9 Å². The molecule has 2 heterocycles. The number of nitrogens with one attached hydrogen (secondary N) is 1. The summed E-state index contributed by atoms with van der Waals surface area (Å²) in [6.45, 7) is 5.60. The van der Waals surface area contributed by atoms with Gasteiger partial charge >= 0.3 is 0 Å². The third-order valence-corrected chi connectivity index (χ3v) is 5.86. The normalized spacial score (nSPS) is 28.0. The van der Waals surface area contributed by atoms with Crippen molar-refractivity contribution in [3.05, 3.63) is 0 Å². The number of hydrogen-bond acceptors (Lipinski definition) is 3. The third-order valence-electron chi connectivity index (χ3n) is 5.86. The van der Waals surface area contributed by atoms with Crippen LogP contribution >= 0.6 is 0 Å². The van der Waals surface area contributed by atoms with Gasteiger partial charge in [-0.1, -0.05) is 12.8 Å². The largest absolute Gasteiger partial charge is 0.344 e. The van der Waals surface area contributed by atoms with Crippen LogP contribution in [0.5, 0.6) is 0 Å². The van der Waals surface area contributed by atoms with Crippen molar-refractivity contribution in [2.45, 2.75) is 70.4 Å². The average molecular weight is 321 g/mol. The third kappa shape index (κ3) is 4.06. The van der Waals surface area contributed by atoms with E-state index in [0.717, 1.165) is 32.4 Å². The quantitative estimate of drug-likeness (QED) is 0.858. The Morgan fingerprint density at radius 1 is 0.957 bits per heavy atom. The van der Waals surface area contributed by atoms with Crippen LogP contribution in [0, 0.1) is 5.92 Å². The van der Waals surface area contributed by atoms with Gasteiger partial charge in [-0.3, -0.25) is 14.5 Å². The highest BCUT2D eigenvalue weighted by molar-refractivity contribution is 5.87. The molecular weight excluding hydrogens is 290 g/mol. The van der Waals surface area contributed by atoms with Crippen LogP contribution in [0.4, 0.5) is 0 Å². The fraction of sp³-hybridized carbons (Fsp3) is 0.889. The van der Waals surface area contributed by atoms with Crippen molar-refractivity contribution in [2.75, 3.05) is 26.2 Å². The Morgan fingerprint density at radius 3 is 2.30 bits per heavy atom. The first-order valence-corrected chi connectivity index (χ1v) is 9.45. The zero-order chi connectivity index (χ0) is 16.2. The van der Waals surface area contributed by atoms with Gasteiger partial charge in [-0.15, -0.1) is 0 Å². The topological polar surface area (TPSA) is 52.7 Å². The first-order chi connectivity index (χ1) is 11.1. The summed E-state index contributed by atoms with van der Waals surface area (Å²) >= 11 is 0. The van der Waals surface area contributed by atoms with E-state index in [-0.39, 0.29) is 17.9 Å². The lowest BCUT2D eigenvalue weighted by Crippen LogP contribution is -2.56. The van der Waals surface area contributed by atoms with Crippen molar-refractivity contribution in [2.24, 2.45) is 5.92 Å². The van der Waals surface area contributed by atoms with Crippen molar-refractivity contribution in [3.8, 4) is 0 Å². The first-order valence-electron chi connectivity index (χ1n) is 9.45. The average Bonchev–Trinajstić information content (AvgIpc) is 3.25. The van der Waals surface area contributed by atoms with Gasteiger partial charge in [-0.2, -0.15) is 0 Å². The van der Waals surface area contributed by atoms with Crippen LogP contribution < -0.4 is 5.32 Å². The van der Waals surface area contributed by atoms with E-state index in [0.29, 0.717) is 12.0 Å². The summed E-state index contributed by atoms with van der Waals surface area (Å²) < 4.78 is 0. The Hall–Kier alpha value is -1.10. The molecule has 0 aromatic heterocycles. The molecule has 3 aliphatic rings. The summed E-state index contributed by atoms with van der Waals surface area (Å²) in [7, 11) is 0. The molecule has 5 nitrogen and oxygen atoms in total. The molecule has 1 saturated carbocycles. The molecule has 0 unspecified atom stereocenters. The van der Waals surface area contributed by atoms with E-state index < -0.39 is 0 Å². The molecule has 2 atom stereocenters. The molecule has 0 aromatic carbocycles. The van der Waals surface area contributed by atoms with E-state index in [9.17, 15) is 9.59 Å². The van der Waals surface area contributed by atoms with Crippen molar-refractivity contribution in [1.82, 2.24) is 15.1 Å². The lowest BCUT2D eigenvalue weighted by atomic mass is 9.95. The minimum Gasteiger partial charge on any atom is -0.344 e. The van der Waals surface area contributed by atoms with E-state index in [1.807, 2.05) is 4.90 Å². The van der Waals surface area contributed by atoms with Gasteiger partial charge in [0.25, 0.3) is 0 Å². The maximum atomic E-state index is 13.1. The molecule has 1 aliphatic carbocycles. The van der Waals surface area contributed by atoms with Crippen molar-refractivity contribution < 1.29 is 9.59 Å². The molecule has 23 heavy (non-hydrogen) atoms. The van der Waals surface area contributed by atoms with Gasteiger partial charge in [0, 0.05) is 26.1 Å². The molecule has 0 aromatic rings. The van der Waals surface area contributed by atoms with E-state index in [1.54, 1.807) is 0 Å². The van der Waals surface area contributed by atoms with Crippen LogP contribution in [-0.2, 0) is 9.59 Å². The number of amides is 2. The minimum atomic E-state index is -0.299. The van der Waals surface area contributed by atoms with Crippen LogP contribution in [0.3, 0.4) is 0 Å². The van der Waals surface area contributed by atoms with Crippen molar-refractivity contribution in [1.29, 1.82) is 0 Å². The molecule has 0 bridgehead atoms. The van der Waals surface area contributed by atoms with Gasteiger partial charge in [0.1, 0.15) is 6.04 Å². The molecule has 0 radical (unpaired) electrons. The predicted molar refractivity (Wildman–Crippen MR) is 90.0 cm³/mol. The van der Waals surface area contributed by atoms with Gasteiger partial charge < -0.3 is 10.2 Å². The number of likely N-dealkylation sites (tertiary alicyclic amines) is 2. The van der Waals surface area contributed by atoms with E-state index in [4.69, 9.17) is 0 Å². The number of carbonyl (C=O) groups is 2. The van der Waals surface area contributed by atoms with Crippen molar-refractivity contribution >= 4 is 11.8 Å². The minimum absolute atomic E-state index is 0.0802. The number of rotatable bonds is 4. The lowest BCUT2D eigenvalue weighted by Gasteiger charge is -2.39. The van der Waals surface area contributed by atoms with E-state index in [1.165, 1.54) is 52.1 Å². The Kier molecular flexibility index (Phi) is 5.57. The summed E-state index contributed by atoms with van der Waals surface area (Å²) in [5, 5.41) is 2.96. The summed E-state index contributed by atoms with van der Waals surface area (Å²) in [4.78, 5) is 29.2. The molecule has 0 spiro atoms. The Balaban J connectivity index is 1.64. The first kappa shape index (κ1) is 16.7. The van der Waals surface area contributed by atoms with Crippen LogP contribution in [0.15, 0.2) is 0 Å². The van der Waals surface area contributed by atoms with Gasteiger partial charge in [0.15, 0.2) is 0 Å². The Morgan fingerprint density at radius 2 is 1.65 bits per heavy atom. The SMILES string of the molecule is CC(=O)N[C@@H](C(=O)N1CCC[C@H](N2CCCC2)C1)C1CCCC1. The molecular formula is C18H31N3O2. The summed E-state index contributed by atoms with van der Waals surface area (Å²) in [5.41, 5.74) is 0. The fourth-order valence-electron chi connectivity index (χ4n) is 4.65. The summed E-state index contributed by atoms with van der Waals surface area (Å²) in [6, 6.07) is 0.226. The zero-order valence-corrected chi connectivity index (χ0v) is 14.4. The molecule has 2 saturated heterocycles. The molecule has 3 fully saturated rings. The second-order valence-electron chi connectivity index (χ2n) is 7.55. The second kappa shape index (κ2) is 7.65. The highest BCUT2D eigenvalue weighted by Gasteiger charge is 2.37. The molecule has 2 amide bonds. The number of nitrogens with zero attached hydrogens (tertiary/aromatic N) is 2. The zero-order valence-electron chi connectivity index (χ0n) is 14.4. The number of piperidine rings is 1. The monoisotopic (exact) mass is 321 g/mol. The predicted octanol–water partition coefficient (Wildman–Crippen LogP) is 1.77. The molecule has 1 N–H and O–H groups in total. The Bertz CT molecular complexity index is 428. The van der Waals surface area contributed by atoms with Gasteiger partial charge in [0.05, 0.1) is 0 Å². The Labute approximate surface area is 139 Å². The van der Waals surface area contributed by atoms with Crippen LogP contribution in [0.2, 0.25) is 0 Å². The van der Waals surface area contributed by atoms with Crippen LogP contribution in [0.25, 0.3) is 0 Å². The van der Waals surface area contributed by atoms with E-state index >= 15 is 0 Å². The maximum absolute atomic E-state index is 13.1. The molecule has 3 rings (SSSR count). The summed E-state index contributed by atoms with van der Waals surface area (Å²) in [6.07, 6.45) is 9.39. The van der Waals surface area contributed by atoms with Crippen molar-refractivity contribution in [3.63, 3.8) is 0 Å². The van der Waals surface area contributed by atoms with Gasteiger partial charge in [0.2, 0.25) is 11.8 Å². The smallest absolute Gasteiger partial charge is 0.245 e. The second-order valence-corrected chi connectivity index (χ2v) is 7.55.